The molecule has 0 radical (unpaired) electrons. The zero-order valence-electron chi connectivity index (χ0n) is 23.3. The lowest BCUT2D eigenvalue weighted by Gasteiger charge is -2.16. The molecular formula is C30H38N6O2. The highest BCUT2D eigenvalue weighted by Gasteiger charge is 2.21. The predicted octanol–water partition coefficient (Wildman–Crippen LogP) is 4.30. The number of allylic oxidation sites excluding steroid dienone is 3. The summed E-state index contributed by atoms with van der Waals surface area (Å²) in [5.74, 6) is -0.185. The molecule has 0 saturated heterocycles. The van der Waals surface area contributed by atoms with Crippen LogP contribution in [0.2, 0.25) is 0 Å². The molecule has 0 spiro atoms. The topological polar surface area (TPSA) is 92.2 Å². The average Bonchev–Trinajstić information content (AvgIpc) is 3.30. The molecule has 1 aliphatic rings. The predicted molar refractivity (Wildman–Crippen MR) is 152 cm³/mol. The van der Waals surface area contributed by atoms with Crippen LogP contribution in [-0.4, -0.2) is 65.1 Å². The van der Waals surface area contributed by atoms with Gasteiger partial charge in [0.25, 0.3) is 5.91 Å². The molecule has 2 aromatic heterocycles. The van der Waals surface area contributed by atoms with Crippen LogP contribution in [0.5, 0.6) is 0 Å². The molecule has 8 nitrogen and oxygen atoms in total. The van der Waals surface area contributed by atoms with Crippen LogP contribution in [0, 0.1) is 0 Å². The van der Waals surface area contributed by atoms with Gasteiger partial charge in [-0.3, -0.25) is 9.59 Å². The third-order valence-corrected chi connectivity index (χ3v) is 6.73. The third kappa shape index (κ3) is 6.26. The Morgan fingerprint density at radius 3 is 2.66 bits per heavy atom. The van der Waals surface area contributed by atoms with Crippen LogP contribution < -0.4 is 10.6 Å². The molecule has 4 rings (SSSR count). The van der Waals surface area contributed by atoms with Gasteiger partial charge in [-0.1, -0.05) is 29.8 Å². The highest BCUT2D eigenvalue weighted by Crippen LogP contribution is 2.27. The van der Waals surface area contributed by atoms with Crippen molar-refractivity contribution < 1.29 is 9.59 Å². The molecule has 2 N–H and O–H groups in total. The van der Waals surface area contributed by atoms with Gasteiger partial charge in [-0.15, -0.1) is 0 Å². The molecule has 1 aliphatic carbocycles. The maximum absolute atomic E-state index is 13.5. The number of likely N-dealkylation sites (N-methyl/N-ethyl adjacent to an activating group) is 1. The van der Waals surface area contributed by atoms with Crippen molar-refractivity contribution in [2.75, 3.05) is 33.7 Å². The number of hydrogen-bond acceptors (Lipinski definition) is 6. The summed E-state index contributed by atoms with van der Waals surface area (Å²) in [4.78, 5) is 33.2. The Bertz CT molecular complexity index is 1410. The van der Waals surface area contributed by atoms with Gasteiger partial charge in [0.05, 0.1) is 22.8 Å². The number of nitrogens with one attached hydrogen (secondary N) is 2. The summed E-state index contributed by atoms with van der Waals surface area (Å²) >= 11 is 0. The van der Waals surface area contributed by atoms with Gasteiger partial charge in [0.2, 0.25) is 0 Å². The van der Waals surface area contributed by atoms with E-state index < -0.39 is 0 Å². The number of hydrogen-bond donors (Lipinski definition) is 2. The fourth-order valence-electron chi connectivity index (χ4n) is 4.70. The number of pyridine rings is 1. The maximum atomic E-state index is 13.5. The summed E-state index contributed by atoms with van der Waals surface area (Å²) < 4.78 is 1.84. The third-order valence-electron chi connectivity index (χ3n) is 6.73. The van der Waals surface area contributed by atoms with Gasteiger partial charge in [0, 0.05) is 49.8 Å². The first kappa shape index (κ1) is 27.4. The van der Waals surface area contributed by atoms with Crippen molar-refractivity contribution in [2.45, 2.75) is 46.7 Å². The SMILES string of the molecule is CC1=CC(C)=C(CNC(=O)c2cc(-c3cccc(CNCCN(C)C)c3)nc3c2cnn3C(C)C)C(=O)C1. The second kappa shape index (κ2) is 11.8. The maximum Gasteiger partial charge on any atom is 0.252 e. The van der Waals surface area contributed by atoms with E-state index in [1.807, 2.05) is 56.7 Å². The zero-order chi connectivity index (χ0) is 27.4. The second-order valence-electron chi connectivity index (χ2n) is 10.6. The normalized spacial score (nSPS) is 14.1. The van der Waals surface area contributed by atoms with E-state index >= 15 is 0 Å². The van der Waals surface area contributed by atoms with E-state index in [4.69, 9.17) is 4.98 Å². The van der Waals surface area contributed by atoms with Crippen LogP contribution in [-0.2, 0) is 11.3 Å². The molecule has 0 saturated carbocycles. The molecule has 0 aliphatic heterocycles. The van der Waals surface area contributed by atoms with E-state index in [1.54, 1.807) is 6.20 Å². The average molecular weight is 515 g/mol. The van der Waals surface area contributed by atoms with E-state index in [0.717, 1.165) is 41.9 Å². The largest absolute Gasteiger partial charge is 0.348 e. The van der Waals surface area contributed by atoms with Crippen LogP contribution in [0.3, 0.4) is 0 Å². The minimum Gasteiger partial charge on any atom is -0.348 e. The Kier molecular flexibility index (Phi) is 8.54. The first-order valence-electron chi connectivity index (χ1n) is 13.2. The smallest absolute Gasteiger partial charge is 0.252 e. The number of benzene rings is 1. The summed E-state index contributed by atoms with van der Waals surface area (Å²) in [6, 6.07) is 10.1. The Balaban J connectivity index is 1.65. The fraction of sp³-hybridized carbons (Fsp3) is 0.400. The van der Waals surface area contributed by atoms with Crippen LogP contribution in [0.15, 0.2) is 59.3 Å². The number of Topliss-reactive ketones (excluding diaryl/α,β-unsaturated/α-hetero) is 1. The minimum atomic E-state index is -0.247. The van der Waals surface area contributed by atoms with E-state index in [-0.39, 0.29) is 24.3 Å². The van der Waals surface area contributed by atoms with E-state index in [9.17, 15) is 9.59 Å². The van der Waals surface area contributed by atoms with Crippen LogP contribution >= 0.6 is 0 Å². The molecule has 1 aromatic carbocycles. The molecule has 0 bridgehead atoms. The standard InChI is InChI=1S/C30H38N6O2/c1-19(2)36-29-26(18-33-36)24(30(38)32-17-25-21(4)12-20(3)13-28(25)37)15-27(34-29)23-9-7-8-22(14-23)16-31-10-11-35(5)6/h7-9,12,14-15,18-19,31H,10-11,13,16-17H2,1-6H3,(H,32,38). The lowest BCUT2D eigenvalue weighted by molar-refractivity contribution is -0.115. The van der Waals surface area contributed by atoms with Crippen LogP contribution in [0.25, 0.3) is 22.3 Å². The molecule has 2 heterocycles. The van der Waals surface area contributed by atoms with Crippen molar-refractivity contribution in [3.63, 3.8) is 0 Å². The molecule has 0 atom stereocenters. The van der Waals surface area contributed by atoms with E-state index in [1.165, 1.54) is 0 Å². The van der Waals surface area contributed by atoms with Gasteiger partial charge in [0.15, 0.2) is 11.4 Å². The second-order valence-corrected chi connectivity index (χ2v) is 10.6. The van der Waals surface area contributed by atoms with Gasteiger partial charge >= 0.3 is 0 Å². The van der Waals surface area contributed by atoms with Crippen LogP contribution in [0.1, 0.15) is 56.1 Å². The Hall–Kier alpha value is -3.62. The number of ketones is 1. The molecule has 1 amide bonds. The molecular weight excluding hydrogens is 476 g/mol. The van der Waals surface area contributed by atoms with Gasteiger partial charge < -0.3 is 15.5 Å². The molecule has 0 unspecified atom stereocenters. The first-order valence-corrected chi connectivity index (χ1v) is 13.2. The number of rotatable bonds is 10. The van der Waals surface area contributed by atoms with Gasteiger partial charge in [0.1, 0.15) is 0 Å². The van der Waals surface area contributed by atoms with Crippen molar-refractivity contribution >= 4 is 22.7 Å². The summed E-state index contributed by atoms with van der Waals surface area (Å²) in [6.07, 6.45) is 4.11. The molecule has 0 fully saturated rings. The lowest BCUT2D eigenvalue weighted by Crippen LogP contribution is -2.29. The summed E-state index contributed by atoms with van der Waals surface area (Å²) in [5.41, 5.74) is 6.56. The fourth-order valence-corrected chi connectivity index (χ4v) is 4.70. The van der Waals surface area contributed by atoms with Gasteiger partial charge in [-0.2, -0.15) is 5.10 Å². The highest BCUT2D eigenvalue weighted by molar-refractivity contribution is 6.07. The number of fused-ring (bicyclic) bond motifs is 1. The van der Waals surface area contributed by atoms with Crippen LogP contribution in [0.4, 0.5) is 0 Å². The van der Waals surface area contributed by atoms with Gasteiger partial charge in [-0.05, 0) is 65.1 Å². The summed E-state index contributed by atoms with van der Waals surface area (Å²) in [6.45, 7) is 10.8. The Morgan fingerprint density at radius 2 is 1.95 bits per heavy atom. The number of carbonyl (C=O) groups excluding carboxylic acids is 2. The van der Waals surface area contributed by atoms with Crippen molar-refractivity contribution in [1.29, 1.82) is 0 Å². The van der Waals surface area contributed by atoms with E-state index in [2.05, 4.69) is 46.9 Å². The van der Waals surface area contributed by atoms with Crippen molar-refractivity contribution in [1.82, 2.24) is 30.3 Å². The summed E-state index contributed by atoms with van der Waals surface area (Å²) in [5, 5.41) is 11.7. The Labute approximate surface area is 224 Å². The highest BCUT2D eigenvalue weighted by atomic mass is 16.2. The molecule has 3 aromatic rings. The van der Waals surface area contributed by atoms with Crippen molar-refractivity contribution in [2.24, 2.45) is 0 Å². The number of carbonyl (C=O) groups is 2. The number of nitrogens with zero attached hydrogens (tertiary/aromatic N) is 4. The summed E-state index contributed by atoms with van der Waals surface area (Å²) in [7, 11) is 4.12. The van der Waals surface area contributed by atoms with Gasteiger partial charge in [-0.25, -0.2) is 9.67 Å². The Morgan fingerprint density at radius 1 is 1.16 bits per heavy atom. The molecule has 200 valence electrons. The number of aromatic nitrogens is 3. The quantitative estimate of drug-likeness (QED) is 0.392. The lowest BCUT2D eigenvalue weighted by atomic mass is 9.92. The van der Waals surface area contributed by atoms with Crippen molar-refractivity contribution in [3.8, 4) is 11.3 Å². The zero-order valence-corrected chi connectivity index (χ0v) is 23.3. The molecule has 38 heavy (non-hydrogen) atoms. The monoisotopic (exact) mass is 514 g/mol. The first-order chi connectivity index (χ1) is 18.1. The van der Waals surface area contributed by atoms with E-state index in [0.29, 0.717) is 34.3 Å². The molecule has 8 heteroatoms. The van der Waals surface area contributed by atoms with Crippen molar-refractivity contribution in [3.05, 3.63) is 70.5 Å². The minimum absolute atomic E-state index is 0.0620. The number of amides is 1.